The third-order valence-electron chi connectivity index (χ3n) is 8.60. The third-order valence-corrected chi connectivity index (χ3v) is 8.60. The second-order valence-electron chi connectivity index (χ2n) is 11.0. The van der Waals surface area contributed by atoms with E-state index in [1.54, 1.807) is 24.3 Å². The summed E-state index contributed by atoms with van der Waals surface area (Å²) >= 11 is 0. The number of ether oxygens (including phenoxy) is 2. The maximum Gasteiger partial charge on any atom is 0.250 e. The van der Waals surface area contributed by atoms with Crippen LogP contribution in [0.2, 0.25) is 0 Å². The van der Waals surface area contributed by atoms with E-state index in [9.17, 15) is 19.5 Å². The number of nitrogens with zero attached hydrogens (tertiary/aromatic N) is 1. The van der Waals surface area contributed by atoms with E-state index < -0.39 is 35.0 Å². The van der Waals surface area contributed by atoms with E-state index in [0.29, 0.717) is 36.6 Å². The van der Waals surface area contributed by atoms with E-state index in [2.05, 4.69) is 10.6 Å². The fraction of sp³-hybridized carbons (Fsp3) is 0.387. The molecule has 9 nitrogen and oxygen atoms in total. The maximum absolute atomic E-state index is 13.9. The minimum Gasteiger partial charge on any atom is -0.494 e. The Morgan fingerprint density at radius 1 is 1.00 bits per heavy atom. The van der Waals surface area contributed by atoms with Gasteiger partial charge in [-0.15, -0.1) is 0 Å². The highest BCUT2D eigenvalue weighted by Crippen LogP contribution is 2.63. The molecule has 208 valence electrons. The molecule has 0 saturated carbocycles. The zero-order valence-electron chi connectivity index (χ0n) is 22.6. The van der Waals surface area contributed by atoms with Gasteiger partial charge in [0, 0.05) is 17.9 Å². The van der Waals surface area contributed by atoms with Crippen molar-refractivity contribution in [2.24, 2.45) is 11.8 Å². The highest BCUT2D eigenvalue weighted by molar-refractivity contribution is 6.05. The maximum atomic E-state index is 13.9. The topological polar surface area (TPSA) is 117 Å². The Morgan fingerprint density at radius 2 is 1.70 bits per heavy atom. The Balaban J connectivity index is 1.29. The van der Waals surface area contributed by atoms with Gasteiger partial charge in [-0.3, -0.25) is 14.4 Å². The fourth-order valence-electron chi connectivity index (χ4n) is 6.97. The number of fused-ring (bicyclic) bond motifs is 2. The number of amides is 3. The van der Waals surface area contributed by atoms with Crippen LogP contribution in [0.15, 0.2) is 66.7 Å². The van der Waals surface area contributed by atoms with Gasteiger partial charge in [0.1, 0.15) is 17.4 Å². The van der Waals surface area contributed by atoms with Crippen molar-refractivity contribution in [1.29, 1.82) is 0 Å². The van der Waals surface area contributed by atoms with Crippen molar-refractivity contribution in [2.75, 3.05) is 30.4 Å². The van der Waals surface area contributed by atoms with E-state index in [1.807, 2.05) is 56.3 Å². The summed E-state index contributed by atoms with van der Waals surface area (Å²) in [6.45, 7) is 3.95. The van der Waals surface area contributed by atoms with Gasteiger partial charge in [-0.2, -0.15) is 0 Å². The minimum atomic E-state index is -1.16. The number of hydrogen-bond acceptors (Lipinski definition) is 6. The van der Waals surface area contributed by atoms with Crippen LogP contribution < -0.4 is 15.4 Å². The first-order chi connectivity index (χ1) is 19.3. The monoisotopic (exact) mass is 543 g/mol. The van der Waals surface area contributed by atoms with Crippen LogP contribution in [0.4, 0.5) is 11.4 Å². The summed E-state index contributed by atoms with van der Waals surface area (Å²) in [7, 11) is 0. The lowest BCUT2D eigenvalue weighted by atomic mass is 9.66. The van der Waals surface area contributed by atoms with Crippen LogP contribution >= 0.6 is 0 Å². The van der Waals surface area contributed by atoms with E-state index >= 15 is 0 Å². The fourth-order valence-corrected chi connectivity index (χ4v) is 6.97. The van der Waals surface area contributed by atoms with Crippen molar-refractivity contribution in [3.05, 3.63) is 66.7 Å². The summed E-state index contributed by atoms with van der Waals surface area (Å²) < 4.78 is 12.1. The number of aliphatic hydroxyl groups is 1. The SMILES string of the molecule is CCOc1ccc(NC(=O)[C@H]2[C@H]3C(=O)N(CCO)C(C(=O)Nc4ccc5ccccc5c4)C34CC[C@]2(C)O4)cc1. The molecule has 6 rings (SSSR count). The average molecular weight is 544 g/mol. The summed E-state index contributed by atoms with van der Waals surface area (Å²) in [6, 6.07) is 19.6. The van der Waals surface area contributed by atoms with Gasteiger partial charge in [-0.05, 0) is 73.9 Å². The summed E-state index contributed by atoms with van der Waals surface area (Å²) in [6.07, 6.45) is 0.995. The Kier molecular flexibility index (Phi) is 6.51. The molecule has 3 aromatic carbocycles. The van der Waals surface area contributed by atoms with Gasteiger partial charge >= 0.3 is 0 Å². The Labute approximate surface area is 232 Å². The molecule has 3 aliphatic rings. The molecule has 3 N–H and O–H groups in total. The number of aliphatic hydroxyl groups excluding tert-OH is 1. The van der Waals surface area contributed by atoms with Crippen LogP contribution in [0.25, 0.3) is 10.8 Å². The lowest BCUT2D eigenvalue weighted by Gasteiger charge is -2.33. The van der Waals surface area contributed by atoms with Gasteiger partial charge in [-0.25, -0.2) is 0 Å². The average Bonchev–Trinajstić information content (AvgIpc) is 3.51. The first-order valence-electron chi connectivity index (χ1n) is 13.7. The van der Waals surface area contributed by atoms with Gasteiger partial charge in [0.15, 0.2) is 0 Å². The lowest BCUT2D eigenvalue weighted by Crippen LogP contribution is -2.53. The second kappa shape index (κ2) is 9.91. The Bertz CT molecular complexity index is 1480. The zero-order chi connectivity index (χ0) is 28.1. The van der Waals surface area contributed by atoms with E-state index in [-0.39, 0.29) is 25.0 Å². The Morgan fingerprint density at radius 3 is 2.42 bits per heavy atom. The second-order valence-corrected chi connectivity index (χ2v) is 11.0. The highest BCUT2D eigenvalue weighted by atomic mass is 16.5. The highest BCUT2D eigenvalue weighted by Gasteiger charge is 2.77. The number of rotatable bonds is 8. The van der Waals surface area contributed by atoms with E-state index in [1.165, 1.54) is 4.90 Å². The molecule has 5 atom stereocenters. The first kappa shape index (κ1) is 26.3. The normalized spacial score (nSPS) is 28.5. The van der Waals surface area contributed by atoms with Crippen LogP contribution in [-0.4, -0.2) is 64.7 Å². The molecule has 3 aliphatic heterocycles. The summed E-state index contributed by atoms with van der Waals surface area (Å²) in [4.78, 5) is 42.9. The standard InChI is InChI=1S/C31H33N3O6/c1-3-39-23-12-10-21(11-13-23)32-27(36)24-25-29(38)34(16-17-35)26(31(25)15-14-30(24,2)40-31)28(37)33-22-9-8-19-6-4-5-7-20(19)18-22/h4-13,18,24-26,35H,3,14-17H2,1-2H3,(H,32,36)(H,33,37)/t24-,25+,26?,30+,31?/m1/s1. The van der Waals surface area contributed by atoms with Gasteiger partial charge in [0.05, 0.1) is 30.7 Å². The van der Waals surface area contributed by atoms with Gasteiger partial charge in [0.25, 0.3) is 0 Å². The van der Waals surface area contributed by atoms with Crippen LogP contribution in [0, 0.1) is 11.8 Å². The molecule has 3 fully saturated rings. The molecule has 3 saturated heterocycles. The summed E-state index contributed by atoms with van der Waals surface area (Å²) in [5.74, 6) is -2.00. The predicted molar refractivity (Wildman–Crippen MR) is 150 cm³/mol. The first-order valence-corrected chi connectivity index (χ1v) is 13.7. The van der Waals surface area contributed by atoms with Crippen molar-refractivity contribution in [3.8, 4) is 5.75 Å². The van der Waals surface area contributed by atoms with Crippen LogP contribution in [0.1, 0.15) is 26.7 Å². The van der Waals surface area contributed by atoms with Crippen LogP contribution in [0.3, 0.4) is 0 Å². The molecule has 1 spiro atoms. The number of likely N-dealkylation sites (tertiary alicyclic amines) is 1. The van der Waals surface area contributed by atoms with Crippen molar-refractivity contribution in [2.45, 2.75) is 43.9 Å². The van der Waals surface area contributed by atoms with Gasteiger partial charge in [-0.1, -0.05) is 30.3 Å². The molecule has 9 heteroatoms. The van der Waals surface area contributed by atoms with Crippen LogP contribution in [-0.2, 0) is 19.1 Å². The zero-order valence-corrected chi connectivity index (χ0v) is 22.6. The molecule has 0 aromatic heterocycles. The van der Waals surface area contributed by atoms with Gasteiger partial charge in [0.2, 0.25) is 17.7 Å². The molecule has 0 aliphatic carbocycles. The number of carbonyl (C=O) groups excluding carboxylic acids is 3. The molecule has 2 unspecified atom stereocenters. The number of carbonyl (C=O) groups is 3. The van der Waals surface area contributed by atoms with Crippen LogP contribution in [0.5, 0.6) is 5.75 Å². The minimum absolute atomic E-state index is 0.0276. The molecule has 3 aromatic rings. The molecule has 40 heavy (non-hydrogen) atoms. The third kappa shape index (κ3) is 4.12. The van der Waals surface area contributed by atoms with E-state index in [0.717, 1.165) is 10.8 Å². The molecule has 2 bridgehead atoms. The number of β-amino-alcohol motifs (C(OH)–C–C–N with tert-alkyl or cyclic N) is 1. The van der Waals surface area contributed by atoms with Crippen molar-refractivity contribution >= 4 is 39.9 Å². The van der Waals surface area contributed by atoms with Crippen molar-refractivity contribution < 1.29 is 29.0 Å². The predicted octanol–water partition coefficient (Wildman–Crippen LogP) is 3.57. The summed E-state index contributed by atoms with van der Waals surface area (Å²) in [5, 5.41) is 17.8. The molecule has 3 heterocycles. The number of hydrogen-bond donors (Lipinski definition) is 3. The molecular formula is C31H33N3O6. The molecule has 0 radical (unpaired) electrons. The van der Waals surface area contributed by atoms with Crippen molar-refractivity contribution in [3.63, 3.8) is 0 Å². The summed E-state index contributed by atoms with van der Waals surface area (Å²) in [5.41, 5.74) is -0.883. The number of benzene rings is 3. The number of anilines is 2. The smallest absolute Gasteiger partial charge is 0.250 e. The number of nitrogens with one attached hydrogen (secondary N) is 2. The van der Waals surface area contributed by atoms with Crippen molar-refractivity contribution in [1.82, 2.24) is 4.90 Å². The quantitative estimate of drug-likeness (QED) is 0.400. The molecular weight excluding hydrogens is 510 g/mol. The Hall–Kier alpha value is -3.95. The largest absolute Gasteiger partial charge is 0.494 e. The van der Waals surface area contributed by atoms with Gasteiger partial charge < -0.3 is 30.1 Å². The molecule has 3 amide bonds. The van der Waals surface area contributed by atoms with E-state index in [4.69, 9.17) is 9.47 Å². The lowest BCUT2D eigenvalue weighted by molar-refractivity contribution is -0.143.